The minimum atomic E-state index is -0.316. The molecule has 1 aromatic carbocycles. The Kier molecular flexibility index (Phi) is 4.72. The van der Waals surface area contributed by atoms with Crippen molar-refractivity contribution in [3.05, 3.63) is 28.2 Å². The first-order chi connectivity index (χ1) is 9.40. The van der Waals surface area contributed by atoms with E-state index in [9.17, 15) is 4.39 Å². The molecule has 0 aliphatic carbocycles. The van der Waals surface area contributed by atoms with Crippen molar-refractivity contribution in [2.75, 3.05) is 19.6 Å². The predicted octanol–water partition coefficient (Wildman–Crippen LogP) is 4.10. The van der Waals surface area contributed by atoms with E-state index >= 15 is 0 Å². The van der Waals surface area contributed by atoms with E-state index < -0.39 is 0 Å². The van der Waals surface area contributed by atoms with E-state index in [2.05, 4.69) is 39.3 Å². The maximum Gasteiger partial charge on any atom is 0.139 e. The third kappa shape index (κ3) is 2.85. The van der Waals surface area contributed by atoms with Gasteiger partial charge in [0.05, 0.1) is 27.7 Å². The van der Waals surface area contributed by atoms with Crippen molar-refractivity contribution in [2.24, 2.45) is 0 Å². The van der Waals surface area contributed by atoms with Crippen LogP contribution in [-0.2, 0) is 16.7 Å². The third-order valence-corrected chi connectivity index (χ3v) is 3.98. The number of halogens is 3. The van der Waals surface area contributed by atoms with Gasteiger partial charge in [0.25, 0.3) is 0 Å². The van der Waals surface area contributed by atoms with Crippen molar-refractivity contribution in [3.63, 3.8) is 0 Å². The number of methoxy groups -OCH3 is 1. The standard InChI is InChI=1S/C14H17BrClFN2O/c1-14(2,8-20-3)19-12-6-9(15)10(17)7-11(12)18-13(19)4-5-16/h6-7H,4-5,8H2,1-3H3. The first kappa shape index (κ1) is 15.7. The summed E-state index contributed by atoms with van der Waals surface area (Å²) in [5, 5.41) is 0. The molecule has 0 saturated carbocycles. The lowest BCUT2D eigenvalue weighted by atomic mass is 10.1. The first-order valence-corrected chi connectivity index (χ1v) is 7.65. The number of hydrogen-bond donors (Lipinski definition) is 0. The van der Waals surface area contributed by atoms with Gasteiger partial charge < -0.3 is 9.30 Å². The summed E-state index contributed by atoms with van der Waals surface area (Å²) >= 11 is 9.09. The van der Waals surface area contributed by atoms with Crippen molar-refractivity contribution < 1.29 is 9.13 Å². The molecule has 20 heavy (non-hydrogen) atoms. The Morgan fingerprint density at radius 3 is 2.75 bits per heavy atom. The summed E-state index contributed by atoms with van der Waals surface area (Å²) in [5.74, 6) is 0.995. The highest BCUT2D eigenvalue weighted by Crippen LogP contribution is 2.30. The summed E-state index contributed by atoms with van der Waals surface area (Å²) in [6, 6.07) is 3.20. The van der Waals surface area contributed by atoms with Crippen LogP contribution in [0.5, 0.6) is 0 Å². The molecule has 0 N–H and O–H groups in total. The molecule has 0 fully saturated rings. The number of aromatic nitrogens is 2. The van der Waals surface area contributed by atoms with Gasteiger partial charge in [-0.25, -0.2) is 9.37 Å². The number of ether oxygens (including phenoxy) is 1. The van der Waals surface area contributed by atoms with E-state index in [0.29, 0.717) is 28.9 Å². The van der Waals surface area contributed by atoms with Crippen LogP contribution in [0.15, 0.2) is 16.6 Å². The van der Waals surface area contributed by atoms with Gasteiger partial charge in [-0.05, 0) is 35.8 Å². The quantitative estimate of drug-likeness (QED) is 0.748. The number of rotatable bonds is 5. The average Bonchev–Trinajstić information content (AvgIpc) is 2.68. The summed E-state index contributed by atoms with van der Waals surface area (Å²) in [7, 11) is 1.66. The molecule has 2 aromatic rings. The molecule has 0 radical (unpaired) electrons. The van der Waals surface area contributed by atoms with Gasteiger partial charge in [-0.1, -0.05) is 0 Å². The SMILES string of the molecule is COCC(C)(C)n1c(CCCl)nc2cc(F)c(Br)cc21. The van der Waals surface area contributed by atoms with Crippen molar-refractivity contribution in [1.82, 2.24) is 9.55 Å². The second-order valence-corrected chi connectivity index (χ2v) is 6.54. The largest absolute Gasteiger partial charge is 0.382 e. The molecule has 0 unspecified atom stereocenters. The normalized spacial score (nSPS) is 12.3. The van der Waals surface area contributed by atoms with Crippen molar-refractivity contribution in [2.45, 2.75) is 25.8 Å². The van der Waals surface area contributed by atoms with Crippen LogP contribution in [0.2, 0.25) is 0 Å². The summed E-state index contributed by atoms with van der Waals surface area (Å²) in [5.41, 5.74) is 1.22. The monoisotopic (exact) mass is 362 g/mol. The lowest BCUT2D eigenvalue weighted by Crippen LogP contribution is -2.33. The van der Waals surface area contributed by atoms with Crippen LogP contribution in [0.1, 0.15) is 19.7 Å². The fourth-order valence-electron chi connectivity index (χ4n) is 2.47. The fourth-order valence-corrected chi connectivity index (χ4v) is 2.97. The van der Waals surface area contributed by atoms with Crippen LogP contribution in [0.25, 0.3) is 11.0 Å². The number of hydrogen-bond acceptors (Lipinski definition) is 2. The molecule has 0 aliphatic rings. The smallest absolute Gasteiger partial charge is 0.139 e. The van der Waals surface area contributed by atoms with E-state index in [1.54, 1.807) is 13.2 Å². The molecule has 6 heteroatoms. The second-order valence-electron chi connectivity index (χ2n) is 5.30. The highest BCUT2D eigenvalue weighted by molar-refractivity contribution is 9.10. The van der Waals surface area contributed by atoms with Crippen LogP contribution in [0, 0.1) is 5.82 Å². The Labute approximate surface area is 131 Å². The molecule has 0 atom stereocenters. The van der Waals surface area contributed by atoms with E-state index in [4.69, 9.17) is 16.3 Å². The van der Waals surface area contributed by atoms with Gasteiger partial charge in [-0.2, -0.15) is 0 Å². The molecule has 1 heterocycles. The van der Waals surface area contributed by atoms with Gasteiger partial charge in [0.1, 0.15) is 11.6 Å². The maximum atomic E-state index is 13.7. The molecule has 1 aromatic heterocycles. The summed E-state index contributed by atoms with van der Waals surface area (Å²) in [4.78, 5) is 4.52. The van der Waals surface area contributed by atoms with Crippen molar-refractivity contribution in [3.8, 4) is 0 Å². The zero-order chi connectivity index (χ0) is 14.9. The number of alkyl halides is 1. The molecule has 0 spiro atoms. The molecule has 110 valence electrons. The molecule has 2 rings (SSSR count). The van der Waals surface area contributed by atoms with Gasteiger partial charge in [0, 0.05) is 25.5 Å². The first-order valence-electron chi connectivity index (χ1n) is 6.32. The Morgan fingerprint density at radius 1 is 1.45 bits per heavy atom. The lowest BCUT2D eigenvalue weighted by molar-refractivity contribution is 0.110. The van der Waals surface area contributed by atoms with Crippen molar-refractivity contribution >= 4 is 38.6 Å². The summed E-state index contributed by atoms with van der Waals surface area (Å²) < 4.78 is 21.5. The van der Waals surface area contributed by atoms with E-state index in [-0.39, 0.29) is 11.4 Å². The number of nitrogens with zero attached hydrogens (tertiary/aromatic N) is 2. The molecule has 0 bridgehead atoms. The van der Waals surface area contributed by atoms with Gasteiger partial charge in [-0.3, -0.25) is 0 Å². The minimum Gasteiger partial charge on any atom is -0.382 e. The van der Waals surface area contributed by atoms with E-state index in [1.807, 2.05) is 0 Å². The second kappa shape index (κ2) is 6.00. The topological polar surface area (TPSA) is 27.1 Å². The fraction of sp³-hybridized carbons (Fsp3) is 0.500. The third-order valence-electron chi connectivity index (χ3n) is 3.19. The Hall–Kier alpha value is -0.650. The van der Waals surface area contributed by atoms with Gasteiger partial charge in [0.15, 0.2) is 0 Å². The summed E-state index contributed by atoms with van der Waals surface area (Å²) in [6.07, 6.45) is 0.628. The summed E-state index contributed by atoms with van der Waals surface area (Å²) in [6.45, 7) is 4.65. The van der Waals surface area contributed by atoms with Crippen LogP contribution >= 0.6 is 27.5 Å². The zero-order valence-electron chi connectivity index (χ0n) is 11.7. The lowest BCUT2D eigenvalue weighted by Gasteiger charge is -2.28. The Morgan fingerprint density at radius 2 is 2.15 bits per heavy atom. The highest BCUT2D eigenvalue weighted by atomic mass is 79.9. The average molecular weight is 364 g/mol. The van der Waals surface area contributed by atoms with Crippen LogP contribution < -0.4 is 0 Å². The zero-order valence-corrected chi connectivity index (χ0v) is 14.1. The maximum absolute atomic E-state index is 13.7. The van der Waals surface area contributed by atoms with Crippen molar-refractivity contribution in [1.29, 1.82) is 0 Å². The van der Waals surface area contributed by atoms with Crippen LogP contribution in [0.3, 0.4) is 0 Å². The molecule has 3 nitrogen and oxygen atoms in total. The molecule has 0 saturated heterocycles. The minimum absolute atomic E-state index is 0.290. The van der Waals surface area contributed by atoms with Gasteiger partial charge >= 0.3 is 0 Å². The van der Waals surface area contributed by atoms with Gasteiger partial charge in [-0.15, -0.1) is 11.6 Å². The number of imidazole rings is 1. The molecular formula is C14H17BrClFN2O. The Bertz CT molecular complexity index is 627. The molecule has 0 aliphatic heterocycles. The van der Waals surface area contributed by atoms with Gasteiger partial charge in [0.2, 0.25) is 0 Å². The van der Waals surface area contributed by atoms with E-state index in [1.165, 1.54) is 6.07 Å². The predicted molar refractivity (Wildman–Crippen MR) is 83.0 cm³/mol. The molecule has 0 amide bonds. The molecular weight excluding hydrogens is 347 g/mol. The Balaban J connectivity index is 2.70. The number of aryl methyl sites for hydroxylation is 1. The van der Waals surface area contributed by atoms with E-state index in [0.717, 1.165) is 11.3 Å². The van der Waals surface area contributed by atoms with Crippen LogP contribution in [0.4, 0.5) is 4.39 Å². The number of benzene rings is 1. The van der Waals surface area contributed by atoms with Crippen LogP contribution in [-0.4, -0.2) is 29.1 Å². The number of fused-ring (bicyclic) bond motifs is 1. The highest BCUT2D eigenvalue weighted by Gasteiger charge is 2.26.